The zero-order valence-electron chi connectivity index (χ0n) is 16.3. The van der Waals surface area contributed by atoms with Gasteiger partial charge in [-0.1, -0.05) is 0 Å². The second-order valence-electron chi connectivity index (χ2n) is 6.62. The third-order valence-electron chi connectivity index (χ3n) is 4.44. The van der Waals surface area contributed by atoms with Crippen LogP contribution in [0.1, 0.15) is 23.1 Å². The first-order valence-corrected chi connectivity index (χ1v) is 9.14. The van der Waals surface area contributed by atoms with Crippen molar-refractivity contribution < 1.29 is 9.53 Å². The average molecular weight is 370 g/mol. The summed E-state index contributed by atoms with van der Waals surface area (Å²) in [6, 6.07) is 5.49. The summed E-state index contributed by atoms with van der Waals surface area (Å²) >= 11 is 0. The number of ether oxygens (including phenoxy) is 1. The molecule has 0 aromatic carbocycles. The molecule has 3 rings (SSSR count). The molecule has 27 heavy (non-hydrogen) atoms. The number of nitrogens with zero attached hydrogens (tertiary/aromatic N) is 6. The first-order valence-electron chi connectivity index (χ1n) is 9.14. The first-order chi connectivity index (χ1) is 13.0. The lowest BCUT2D eigenvalue weighted by molar-refractivity contribution is 0.0746. The average Bonchev–Trinajstić information content (AvgIpc) is 2.68. The Morgan fingerprint density at radius 2 is 1.93 bits per heavy atom. The van der Waals surface area contributed by atoms with E-state index in [9.17, 15) is 4.79 Å². The van der Waals surface area contributed by atoms with Gasteiger partial charge in [-0.3, -0.25) is 4.79 Å². The van der Waals surface area contributed by atoms with Crippen LogP contribution in [0, 0.1) is 6.92 Å². The fourth-order valence-corrected chi connectivity index (χ4v) is 2.99. The number of hydrogen-bond acceptors (Lipinski definition) is 7. The summed E-state index contributed by atoms with van der Waals surface area (Å²) in [5.41, 5.74) is 0.583. The third kappa shape index (κ3) is 4.45. The van der Waals surface area contributed by atoms with E-state index in [2.05, 4.69) is 19.9 Å². The number of piperazine rings is 1. The van der Waals surface area contributed by atoms with Gasteiger partial charge in [0.2, 0.25) is 5.88 Å². The Balaban J connectivity index is 1.64. The molecule has 0 N–H and O–H groups in total. The van der Waals surface area contributed by atoms with Crippen LogP contribution in [0.5, 0.6) is 5.88 Å². The number of aromatic nitrogens is 3. The molecule has 0 spiro atoms. The fourth-order valence-electron chi connectivity index (χ4n) is 2.99. The van der Waals surface area contributed by atoms with Crippen LogP contribution in [-0.2, 0) is 0 Å². The molecule has 0 atom stereocenters. The second-order valence-corrected chi connectivity index (χ2v) is 6.62. The van der Waals surface area contributed by atoms with Crippen molar-refractivity contribution in [3.05, 3.63) is 35.8 Å². The van der Waals surface area contributed by atoms with Crippen molar-refractivity contribution >= 4 is 17.5 Å². The highest BCUT2D eigenvalue weighted by atomic mass is 16.5. The summed E-state index contributed by atoms with van der Waals surface area (Å²) in [4.78, 5) is 31.9. The largest absolute Gasteiger partial charge is 0.478 e. The monoisotopic (exact) mass is 370 g/mol. The molecule has 144 valence electrons. The number of hydrogen-bond donors (Lipinski definition) is 0. The molecule has 8 nitrogen and oxygen atoms in total. The Bertz CT molecular complexity index is 785. The highest BCUT2D eigenvalue weighted by Crippen LogP contribution is 2.20. The Morgan fingerprint density at radius 3 is 2.52 bits per heavy atom. The van der Waals surface area contributed by atoms with Gasteiger partial charge in [0.05, 0.1) is 12.2 Å². The first kappa shape index (κ1) is 18.9. The molecule has 1 aliphatic rings. The van der Waals surface area contributed by atoms with Crippen molar-refractivity contribution in [1.29, 1.82) is 0 Å². The van der Waals surface area contributed by atoms with E-state index in [1.807, 2.05) is 43.8 Å². The molecule has 0 bridgehead atoms. The molecule has 1 saturated heterocycles. The summed E-state index contributed by atoms with van der Waals surface area (Å²) in [5, 5.41) is 0. The van der Waals surface area contributed by atoms with Gasteiger partial charge < -0.3 is 19.4 Å². The van der Waals surface area contributed by atoms with Gasteiger partial charge in [0, 0.05) is 58.6 Å². The number of amides is 1. The predicted molar refractivity (Wildman–Crippen MR) is 105 cm³/mol. The molecule has 1 fully saturated rings. The lowest BCUT2D eigenvalue weighted by Crippen LogP contribution is -2.49. The Kier molecular flexibility index (Phi) is 5.73. The molecule has 1 amide bonds. The van der Waals surface area contributed by atoms with Gasteiger partial charge in [-0.2, -0.15) is 0 Å². The van der Waals surface area contributed by atoms with E-state index in [0.717, 1.165) is 30.5 Å². The molecule has 1 aliphatic heterocycles. The maximum atomic E-state index is 12.7. The van der Waals surface area contributed by atoms with Crippen LogP contribution < -0.4 is 14.5 Å². The Hall–Kier alpha value is -2.90. The Morgan fingerprint density at radius 1 is 1.19 bits per heavy atom. The minimum absolute atomic E-state index is 0.00181. The van der Waals surface area contributed by atoms with E-state index < -0.39 is 0 Å². The molecule has 8 heteroatoms. The lowest BCUT2D eigenvalue weighted by atomic mass is 10.2. The lowest BCUT2D eigenvalue weighted by Gasteiger charge is -2.35. The van der Waals surface area contributed by atoms with Crippen molar-refractivity contribution in [3.8, 4) is 5.88 Å². The molecule has 0 saturated carbocycles. The van der Waals surface area contributed by atoms with E-state index in [0.29, 0.717) is 31.1 Å². The van der Waals surface area contributed by atoms with E-state index in [4.69, 9.17) is 4.74 Å². The second kappa shape index (κ2) is 8.20. The highest BCUT2D eigenvalue weighted by Gasteiger charge is 2.23. The Labute approximate surface area is 159 Å². The van der Waals surface area contributed by atoms with Crippen molar-refractivity contribution in [1.82, 2.24) is 19.9 Å². The minimum Gasteiger partial charge on any atom is -0.478 e. The SMILES string of the molecule is CCOc1ccc(C(=O)N2CCN(c3cc(N(C)C)nc(C)n3)CC2)cn1. The maximum absolute atomic E-state index is 12.7. The van der Waals surface area contributed by atoms with Crippen molar-refractivity contribution in [2.45, 2.75) is 13.8 Å². The van der Waals surface area contributed by atoms with Crippen LogP contribution >= 0.6 is 0 Å². The number of carbonyl (C=O) groups excluding carboxylic acids is 1. The number of anilines is 2. The van der Waals surface area contributed by atoms with Crippen molar-refractivity contribution in [2.24, 2.45) is 0 Å². The van der Waals surface area contributed by atoms with Crippen LogP contribution in [-0.4, -0.2) is 72.6 Å². The summed E-state index contributed by atoms with van der Waals surface area (Å²) in [7, 11) is 3.93. The van der Waals surface area contributed by atoms with Crippen LogP contribution in [0.15, 0.2) is 24.4 Å². The molecule has 2 aromatic heterocycles. The fraction of sp³-hybridized carbons (Fsp3) is 0.474. The quantitative estimate of drug-likeness (QED) is 0.791. The van der Waals surface area contributed by atoms with Crippen LogP contribution in [0.4, 0.5) is 11.6 Å². The van der Waals surface area contributed by atoms with E-state index in [-0.39, 0.29) is 5.91 Å². The molecular formula is C19H26N6O2. The van der Waals surface area contributed by atoms with Crippen molar-refractivity contribution in [3.63, 3.8) is 0 Å². The number of carbonyl (C=O) groups is 1. The summed E-state index contributed by atoms with van der Waals surface area (Å²) in [6.07, 6.45) is 1.58. The zero-order valence-corrected chi connectivity index (χ0v) is 16.3. The van der Waals surface area contributed by atoms with Gasteiger partial charge in [0.25, 0.3) is 5.91 Å². The highest BCUT2D eigenvalue weighted by molar-refractivity contribution is 5.94. The minimum atomic E-state index is -0.00181. The standard InChI is InChI=1S/C19H26N6O2/c1-5-27-18-7-6-15(13-20-18)19(26)25-10-8-24(9-11-25)17-12-16(23(3)4)21-14(2)22-17/h6-7,12-13H,5,8-11H2,1-4H3. The van der Waals surface area contributed by atoms with E-state index in [1.165, 1.54) is 0 Å². The van der Waals surface area contributed by atoms with Crippen LogP contribution in [0.2, 0.25) is 0 Å². The molecule has 3 heterocycles. The van der Waals surface area contributed by atoms with Crippen LogP contribution in [0.25, 0.3) is 0 Å². The topological polar surface area (TPSA) is 74.7 Å². The predicted octanol–water partition coefficient (Wildman–Crippen LogP) is 1.61. The van der Waals surface area contributed by atoms with Gasteiger partial charge in [-0.15, -0.1) is 0 Å². The molecule has 0 unspecified atom stereocenters. The summed E-state index contributed by atoms with van der Waals surface area (Å²) in [5.74, 6) is 3.07. The van der Waals surface area contributed by atoms with Gasteiger partial charge in [-0.25, -0.2) is 15.0 Å². The van der Waals surface area contributed by atoms with Gasteiger partial charge >= 0.3 is 0 Å². The van der Waals surface area contributed by atoms with E-state index in [1.54, 1.807) is 18.3 Å². The third-order valence-corrected chi connectivity index (χ3v) is 4.44. The van der Waals surface area contributed by atoms with Gasteiger partial charge in [-0.05, 0) is 19.9 Å². The maximum Gasteiger partial charge on any atom is 0.255 e. The van der Waals surface area contributed by atoms with Crippen molar-refractivity contribution in [2.75, 3.05) is 56.7 Å². The molecule has 0 radical (unpaired) electrons. The number of aryl methyl sites for hydroxylation is 1. The number of rotatable bonds is 5. The zero-order chi connectivity index (χ0) is 19.4. The summed E-state index contributed by atoms with van der Waals surface area (Å²) < 4.78 is 5.33. The normalized spacial score (nSPS) is 14.2. The van der Waals surface area contributed by atoms with Gasteiger partial charge in [0.15, 0.2) is 0 Å². The molecule has 0 aliphatic carbocycles. The number of pyridine rings is 1. The summed E-state index contributed by atoms with van der Waals surface area (Å²) in [6.45, 7) is 7.12. The van der Waals surface area contributed by atoms with Crippen LogP contribution in [0.3, 0.4) is 0 Å². The van der Waals surface area contributed by atoms with Gasteiger partial charge in [0.1, 0.15) is 17.5 Å². The molecule has 2 aromatic rings. The van der Waals surface area contributed by atoms with E-state index >= 15 is 0 Å². The molecular weight excluding hydrogens is 344 g/mol. The smallest absolute Gasteiger partial charge is 0.255 e.